The first-order valence-electron chi connectivity index (χ1n) is 9.26. The van der Waals surface area contributed by atoms with Crippen LogP contribution in [-0.4, -0.2) is 14.2 Å². The van der Waals surface area contributed by atoms with E-state index in [1.807, 2.05) is 61.5 Å². The van der Waals surface area contributed by atoms with Gasteiger partial charge >= 0.3 is 0 Å². The van der Waals surface area contributed by atoms with Crippen LogP contribution >= 0.6 is 0 Å². The first-order chi connectivity index (χ1) is 13.5. The Hall–Kier alpha value is -2.79. The minimum Gasteiger partial charge on any atom is -0.489 e. The second-order valence-corrected chi connectivity index (χ2v) is 8.67. The van der Waals surface area contributed by atoms with Crippen LogP contribution in [0.1, 0.15) is 24.5 Å². The molecular formula is C23H24O4S. The van der Waals surface area contributed by atoms with Crippen molar-refractivity contribution in [2.24, 2.45) is 0 Å². The van der Waals surface area contributed by atoms with Crippen LogP contribution in [0.15, 0.2) is 77.7 Å². The molecule has 0 amide bonds. The number of aryl methyl sites for hydroxylation is 1. The molecule has 3 aromatic carbocycles. The average molecular weight is 397 g/mol. The number of benzene rings is 3. The van der Waals surface area contributed by atoms with Gasteiger partial charge < -0.3 is 9.47 Å². The van der Waals surface area contributed by atoms with E-state index in [4.69, 9.17) is 9.47 Å². The molecule has 4 nitrogen and oxygen atoms in total. The van der Waals surface area contributed by atoms with E-state index in [1.54, 1.807) is 25.1 Å². The van der Waals surface area contributed by atoms with Gasteiger partial charge in [0.25, 0.3) is 0 Å². The van der Waals surface area contributed by atoms with E-state index in [1.165, 1.54) is 0 Å². The van der Waals surface area contributed by atoms with Crippen LogP contribution in [0.4, 0.5) is 0 Å². The summed E-state index contributed by atoms with van der Waals surface area (Å²) < 4.78 is 36.5. The van der Waals surface area contributed by atoms with Crippen molar-refractivity contribution in [2.45, 2.75) is 31.8 Å². The summed E-state index contributed by atoms with van der Waals surface area (Å²) in [6.07, 6.45) is 0.584. The van der Waals surface area contributed by atoms with Gasteiger partial charge in [0.1, 0.15) is 23.9 Å². The van der Waals surface area contributed by atoms with Crippen LogP contribution in [0.5, 0.6) is 17.2 Å². The molecule has 0 unspecified atom stereocenters. The van der Waals surface area contributed by atoms with Crippen molar-refractivity contribution in [3.05, 3.63) is 83.9 Å². The molecule has 0 saturated heterocycles. The maximum atomic E-state index is 12.4. The lowest BCUT2D eigenvalue weighted by molar-refractivity contribution is 0.304. The maximum Gasteiger partial charge on any atom is 0.178 e. The van der Waals surface area contributed by atoms with Gasteiger partial charge in [-0.1, -0.05) is 43.3 Å². The van der Waals surface area contributed by atoms with Gasteiger partial charge in [0, 0.05) is 0 Å². The van der Waals surface area contributed by atoms with Crippen molar-refractivity contribution in [1.82, 2.24) is 0 Å². The molecule has 28 heavy (non-hydrogen) atoms. The quantitative estimate of drug-likeness (QED) is 0.501. The second-order valence-electron chi connectivity index (χ2n) is 6.60. The number of sulfone groups is 1. The number of para-hydroxylation sites is 1. The molecule has 0 saturated carbocycles. The van der Waals surface area contributed by atoms with E-state index in [0.29, 0.717) is 23.7 Å². The third-order valence-corrected chi connectivity index (χ3v) is 6.31. The van der Waals surface area contributed by atoms with Crippen molar-refractivity contribution in [3.8, 4) is 17.2 Å². The minimum absolute atomic E-state index is 0.135. The molecule has 5 heteroatoms. The Balaban J connectivity index is 1.72. The van der Waals surface area contributed by atoms with Gasteiger partial charge in [0.2, 0.25) is 0 Å². The van der Waals surface area contributed by atoms with E-state index < -0.39 is 9.84 Å². The van der Waals surface area contributed by atoms with Crippen LogP contribution in [0.2, 0.25) is 0 Å². The van der Waals surface area contributed by atoms with Gasteiger partial charge in [-0.05, 0) is 60.9 Å². The molecule has 146 valence electrons. The fraction of sp³-hybridized carbons (Fsp3) is 0.217. The summed E-state index contributed by atoms with van der Waals surface area (Å²) in [7, 11) is -3.29. The third kappa shape index (κ3) is 5.14. The van der Waals surface area contributed by atoms with E-state index >= 15 is 0 Å². The van der Waals surface area contributed by atoms with Gasteiger partial charge in [-0.25, -0.2) is 8.42 Å². The van der Waals surface area contributed by atoms with Crippen LogP contribution in [0.3, 0.4) is 0 Å². The Bertz CT molecular complexity index is 1030. The first kappa shape index (κ1) is 20.0. The van der Waals surface area contributed by atoms with Gasteiger partial charge in [0.05, 0.1) is 10.6 Å². The molecule has 3 rings (SSSR count). The van der Waals surface area contributed by atoms with Crippen molar-refractivity contribution >= 4 is 9.84 Å². The Labute approximate surface area is 166 Å². The van der Waals surface area contributed by atoms with E-state index in [9.17, 15) is 8.42 Å². The zero-order chi connectivity index (χ0) is 20.0. The summed E-state index contributed by atoms with van der Waals surface area (Å²) in [6, 6.07) is 22.4. The zero-order valence-electron chi connectivity index (χ0n) is 16.1. The number of ether oxygens (including phenoxy) is 2. The molecule has 0 atom stereocenters. The third-order valence-electron chi connectivity index (χ3n) is 4.25. The molecule has 0 fully saturated rings. The Morgan fingerprint density at radius 2 is 1.57 bits per heavy atom. The molecule has 0 aliphatic rings. The van der Waals surface area contributed by atoms with E-state index in [-0.39, 0.29) is 5.75 Å². The normalized spacial score (nSPS) is 11.2. The molecular weight excluding hydrogens is 372 g/mol. The van der Waals surface area contributed by atoms with E-state index in [2.05, 4.69) is 0 Å². The van der Waals surface area contributed by atoms with Crippen molar-refractivity contribution in [3.63, 3.8) is 0 Å². The van der Waals surface area contributed by atoms with Gasteiger partial charge in [-0.2, -0.15) is 0 Å². The average Bonchev–Trinajstić information content (AvgIpc) is 2.68. The molecule has 0 aromatic heterocycles. The molecule has 0 heterocycles. The van der Waals surface area contributed by atoms with Crippen LogP contribution in [-0.2, 0) is 16.4 Å². The molecule has 0 aliphatic heterocycles. The standard InChI is InChI=1S/C23H24O4S/c1-3-14-28(24,25)23-16-21(13-12-18(23)2)26-17-19-8-7-11-22(15-19)27-20-9-5-4-6-10-20/h4-13,15-16H,3,14,17H2,1-2H3. The lowest BCUT2D eigenvalue weighted by atomic mass is 10.2. The topological polar surface area (TPSA) is 52.6 Å². The predicted octanol–water partition coefficient (Wildman–Crippen LogP) is 5.55. The summed E-state index contributed by atoms with van der Waals surface area (Å²) in [5.74, 6) is 2.16. The molecule has 0 aliphatic carbocycles. The zero-order valence-corrected chi connectivity index (χ0v) is 16.9. The lowest BCUT2D eigenvalue weighted by Crippen LogP contribution is -2.08. The smallest absolute Gasteiger partial charge is 0.178 e. The molecule has 0 bridgehead atoms. The summed E-state index contributed by atoms with van der Waals surface area (Å²) in [6.45, 7) is 3.98. The van der Waals surface area contributed by atoms with Crippen molar-refractivity contribution in [2.75, 3.05) is 5.75 Å². The predicted molar refractivity (Wildman–Crippen MR) is 111 cm³/mol. The Morgan fingerprint density at radius 3 is 2.32 bits per heavy atom. The van der Waals surface area contributed by atoms with Crippen LogP contribution < -0.4 is 9.47 Å². The monoisotopic (exact) mass is 396 g/mol. The fourth-order valence-corrected chi connectivity index (χ4v) is 4.49. The largest absolute Gasteiger partial charge is 0.489 e. The Kier molecular flexibility index (Phi) is 6.37. The van der Waals surface area contributed by atoms with Gasteiger partial charge in [-0.15, -0.1) is 0 Å². The fourth-order valence-electron chi connectivity index (χ4n) is 2.87. The summed E-state index contributed by atoms with van der Waals surface area (Å²) in [5, 5.41) is 0. The van der Waals surface area contributed by atoms with Crippen LogP contribution in [0.25, 0.3) is 0 Å². The summed E-state index contributed by atoms with van der Waals surface area (Å²) in [5.41, 5.74) is 1.67. The number of rotatable bonds is 8. The van der Waals surface area contributed by atoms with E-state index in [0.717, 1.165) is 22.6 Å². The molecule has 0 N–H and O–H groups in total. The SMILES string of the molecule is CCCS(=O)(=O)c1cc(OCc2cccc(Oc3ccccc3)c2)ccc1C. The second kappa shape index (κ2) is 8.93. The molecule has 3 aromatic rings. The van der Waals surface area contributed by atoms with Gasteiger partial charge in [0.15, 0.2) is 9.84 Å². The van der Waals surface area contributed by atoms with Crippen LogP contribution in [0, 0.1) is 6.92 Å². The minimum atomic E-state index is -3.29. The highest BCUT2D eigenvalue weighted by atomic mass is 32.2. The maximum absolute atomic E-state index is 12.4. The highest BCUT2D eigenvalue weighted by Crippen LogP contribution is 2.25. The molecule has 0 radical (unpaired) electrons. The highest BCUT2D eigenvalue weighted by molar-refractivity contribution is 7.91. The number of hydrogen-bond donors (Lipinski definition) is 0. The Morgan fingerprint density at radius 1 is 0.821 bits per heavy atom. The molecule has 0 spiro atoms. The number of hydrogen-bond acceptors (Lipinski definition) is 4. The van der Waals surface area contributed by atoms with Gasteiger partial charge in [-0.3, -0.25) is 0 Å². The first-order valence-corrected chi connectivity index (χ1v) is 10.9. The van der Waals surface area contributed by atoms with Crippen molar-refractivity contribution in [1.29, 1.82) is 0 Å². The highest BCUT2D eigenvalue weighted by Gasteiger charge is 2.17. The lowest BCUT2D eigenvalue weighted by Gasteiger charge is -2.12. The van der Waals surface area contributed by atoms with Crippen molar-refractivity contribution < 1.29 is 17.9 Å². The summed E-state index contributed by atoms with van der Waals surface area (Å²) >= 11 is 0. The summed E-state index contributed by atoms with van der Waals surface area (Å²) in [4.78, 5) is 0.341.